The second-order valence-electron chi connectivity index (χ2n) is 3.71. The van der Waals surface area contributed by atoms with Gasteiger partial charge in [0.1, 0.15) is 0 Å². The lowest BCUT2D eigenvalue weighted by Gasteiger charge is -2.04. The number of carboxylic acid groups (broad SMARTS) is 1. The standard InChI is InChI=1S/C11H9Cl2N3O2/c12-8-1-2-10(13)7(3-8)5-16-6-9(14-15-16)4-11(17)18/h1-3,6H,4-5H2,(H,17,18). The number of carbonyl (C=O) groups is 1. The van der Waals surface area contributed by atoms with Crippen LogP contribution in [0.3, 0.4) is 0 Å². The molecule has 0 saturated heterocycles. The molecule has 0 radical (unpaired) electrons. The van der Waals surface area contributed by atoms with Crippen LogP contribution in [0, 0.1) is 0 Å². The van der Waals surface area contributed by atoms with Gasteiger partial charge < -0.3 is 5.11 Å². The molecule has 5 nitrogen and oxygen atoms in total. The van der Waals surface area contributed by atoms with Crippen LogP contribution in [0.25, 0.3) is 0 Å². The van der Waals surface area contributed by atoms with Crippen LogP contribution < -0.4 is 0 Å². The van der Waals surface area contributed by atoms with Gasteiger partial charge in [-0.15, -0.1) is 5.10 Å². The van der Waals surface area contributed by atoms with Gasteiger partial charge in [0.15, 0.2) is 0 Å². The van der Waals surface area contributed by atoms with E-state index in [4.69, 9.17) is 28.3 Å². The summed E-state index contributed by atoms with van der Waals surface area (Å²) in [5, 5.41) is 17.4. The van der Waals surface area contributed by atoms with Crippen LogP contribution in [0.2, 0.25) is 10.0 Å². The maximum Gasteiger partial charge on any atom is 0.309 e. The average Bonchev–Trinajstić information content (AvgIpc) is 2.70. The molecule has 0 saturated carbocycles. The predicted octanol–water partition coefficient (Wildman–Crippen LogP) is 2.26. The third-order valence-corrected chi connectivity index (χ3v) is 2.86. The average molecular weight is 286 g/mol. The SMILES string of the molecule is O=C(O)Cc1cn(Cc2cc(Cl)ccc2Cl)nn1. The molecule has 0 amide bonds. The Kier molecular flexibility index (Phi) is 3.84. The summed E-state index contributed by atoms with van der Waals surface area (Å²) in [5.74, 6) is -0.942. The summed E-state index contributed by atoms with van der Waals surface area (Å²) in [7, 11) is 0. The molecule has 7 heteroatoms. The molecule has 0 aliphatic rings. The molecule has 1 aromatic heterocycles. The van der Waals surface area contributed by atoms with Crippen LogP contribution in [-0.2, 0) is 17.8 Å². The van der Waals surface area contributed by atoms with Crippen LogP contribution in [-0.4, -0.2) is 26.1 Å². The van der Waals surface area contributed by atoms with Crippen molar-refractivity contribution in [2.75, 3.05) is 0 Å². The van der Waals surface area contributed by atoms with Crippen molar-refractivity contribution >= 4 is 29.2 Å². The number of benzene rings is 1. The Hall–Kier alpha value is -1.59. The number of rotatable bonds is 4. The van der Waals surface area contributed by atoms with E-state index >= 15 is 0 Å². The molecule has 18 heavy (non-hydrogen) atoms. The highest BCUT2D eigenvalue weighted by molar-refractivity contribution is 6.33. The monoisotopic (exact) mass is 285 g/mol. The largest absolute Gasteiger partial charge is 0.481 e. The highest BCUT2D eigenvalue weighted by Gasteiger charge is 2.07. The van der Waals surface area contributed by atoms with Gasteiger partial charge in [-0.3, -0.25) is 4.79 Å². The normalized spacial score (nSPS) is 10.6. The number of aromatic nitrogens is 3. The lowest BCUT2D eigenvalue weighted by atomic mass is 10.2. The zero-order valence-electron chi connectivity index (χ0n) is 9.18. The lowest BCUT2D eigenvalue weighted by Crippen LogP contribution is -2.01. The second kappa shape index (κ2) is 5.37. The lowest BCUT2D eigenvalue weighted by molar-refractivity contribution is -0.136. The highest BCUT2D eigenvalue weighted by atomic mass is 35.5. The van der Waals surface area contributed by atoms with E-state index in [2.05, 4.69) is 10.3 Å². The van der Waals surface area contributed by atoms with Crippen LogP contribution in [0.4, 0.5) is 0 Å². The molecule has 0 spiro atoms. The van der Waals surface area contributed by atoms with Gasteiger partial charge in [0.05, 0.1) is 18.7 Å². The summed E-state index contributed by atoms with van der Waals surface area (Å²) in [6.45, 7) is 0.395. The predicted molar refractivity (Wildman–Crippen MR) is 66.9 cm³/mol. The second-order valence-corrected chi connectivity index (χ2v) is 4.56. The van der Waals surface area contributed by atoms with Crippen molar-refractivity contribution in [3.05, 3.63) is 45.7 Å². The topological polar surface area (TPSA) is 68.0 Å². The van der Waals surface area contributed by atoms with Crippen LogP contribution in [0.5, 0.6) is 0 Å². The summed E-state index contributed by atoms with van der Waals surface area (Å²) < 4.78 is 1.52. The number of aliphatic carboxylic acids is 1. The molecule has 1 N–H and O–H groups in total. The number of carboxylic acids is 1. The van der Waals surface area contributed by atoms with E-state index in [9.17, 15) is 4.79 Å². The van der Waals surface area contributed by atoms with E-state index in [1.807, 2.05) is 0 Å². The smallest absolute Gasteiger partial charge is 0.309 e. The molecular weight excluding hydrogens is 277 g/mol. The van der Waals surface area contributed by atoms with E-state index in [1.54, 1.807) is 24.4 Å². The van der Waals surface area contributed by atoms with Crippen LogP contribution in [0.15, 0.2) is 24.4 Å². The van der Waals surface area contributed by atoms with E-state index < -0.39 is 5.97 Å². The van der Waals surface area contributed by atoms with E-state index in [1.165, 1.54) is 4.68 Å². The molecular formula is C11H9Cl2N3O2. The molecule has 0 bridgehead atoms. The number of halogens is 2. The Morgan fingerprint density at radius 1 is 1.39 bits per heavy atom. The molecule has 0 fully saturated rings. The van der Waals surface area contributed by atoms with Gasteiger partial charge in [0.25, 0.3) is 0 Å². The first-order chi connectivity index (χ1) is 8.54. The summed E-state index contributed by atoms with van der Waals surface area (Å²) in [5.41, 5.74) is 1.21. The Labute approximate surface area is 113 Å². The van der Waals surface area contributed by atoms with E-state index in [0.29, 0.717) is 22.3 Å². The fourth-order valence-electron chi connectivity index (χ4n) is 1.49. The molecule has 0 aliphatic carbocycles. The van der Waals surface area contributed by atoms with Crippen LogP contribution >= 0.6 is 23.2 Å². The fraction of sp³-hybridized carbons (Fsp3) is 0.182. The first-order valence-electron chi connectivity index (χ1n) is 5.09. The van der Waals surface area contributed by atoms with Gasteiger partial charge in [-0.05, 0) is 23.8 Å². The van der Waals surface area contributed by atoms with E-state index in [0.717, 1.165) is 5.56 Å². The minimum Gasteiger partial charge on any atom is -0.481 e. The quantitative estimate of drug-likeness (QED) is 0.936. The molecule has 0 aliphatic heterocycles. The molecule has 2 rings (SSSR count). The zero-order chi connectivity index (χ0) is 13.1. The molecule has 1 heterocycles. The van der Waals surface area contributed by atoms with Crippen molar-refractivity contribution in [2.45, 2.75) is 13.0 Å². The van der Waals surface area contributed by atoms with Gasteiger partial charge in [0.2, 0.25) is 0 Å². The minimum atomic E-state index is -0.942. The Morgan fingerprint density at radius 2 is 2.17 bits per heavy atom. The van der Waals surface area contributed by atoms with Crippen molar-refractivity contribution in [2.24, 2.45) is 0 Å². The summed E-state index contributed by atoms with van der Waals surface area (Å²) >= 11 is 11.9. The summed E-state index contributed by atoms with van der Waals surface area (Å²) in [4.78, 5) is 10.5. The molecule has 1 aromatic carbocycles. The maximum absolute atomic E-state index is 10.5. The van der Waals surface area contributed by atoms with Gasteiger partial charge in [-0.25, -0.2) is 4.68 Å². The first-order valence-corrected chi connectivity index (χ1v) is 5.85. The number of hydrogen-bond acceptors (Lipinski definition) is 3. The highest BCUT2D eigenvalue weighted by Crippen LogP contribution is 2.21. The Balaban J connectivity index is 2.16. The third-order valence-electron chi connectivity index (χ3n) is 2.26. The molecule has 0 unspecified atom stereocenters. The van der Waals surface area contributed by atoms with Crippen molar-refractivity contribution < 1.29 is 9.90 Å². The minimum absolute atomic E-state index is 0.150. The van der Waals surface area contributed by atoms with Crippen molar-refractivity contribution in [3.8, 4) is 0 Å². The summed E-state index contributed by atoms with van der Waals surface area (Å²) in [6, 6.07) is 5.14. The fourth-order valence-corrected chi connectivity index (χ4v) is 1.86. The van der Waals surface area contributed by atoms with Gasteiger partial charge in [0, 0.05) is 16.2 Å². The molecule has 2 aromatic rings. The number of nitrogens with zero attached hydrogens (tertiary/aromatic N) is 3. The first kappa shape index (κ1) is 12.9. The number of hydrogen-bond donors (Lipinski definition) is 1. The van der Waals surface area contributed by atoms with Crippen molar-refractivity contribution in [3.63, 3.8) is 0 Å². The summed E-state index contributed by atoms with van der Waals surface area (Å²) in [6.07, 6.45) is 1.43. The van der Waals surface area contributed by atoms with Gasteiger partial charge >= 0.3 is 5.97 Å². The molecule has 94 valence electrons. The maximum atomic E-state index is 10.5. The van der Waals surface area contributed by atoms with Gasteiger partial charge in [-0.1, -0.05) is 28.4 Å². The molecule has 0 atom stereocenters. The zero-order valence-corrected chi connectivity index (χ0v) is 10.7. The third kappa shape index (κ3) is 3.21. The van der Waals surface area contributed by atoms with Crippen molar-refractivity contribution in [1.82, 2.24) is 15.0 Å². The van der Waals surface area contributed by atoms with Crippen LogP contribution in [0.1, 0.15) is 11.3 Å². The Morgan fingerprint density at radius 3 is 2.89 bits per heavy atom. The Bertz CT molecular complexity index is 583. The van der Waals surface area contributed by atoms with Crippen molar-refractivity contribution in [1.29, 1.82) is 0 Å². The van der Waals surface area contributed by atoms with Gasteiger partial charge in [-0.2, -0.15) is 0 Å². The van der Waals surface area contributed by atoms with E-state index in [-0.39, 0.29) is 6.42 Å².